The molecule has 0 unspecified atom stereocenters. The second-order valence-electron chi connectivity index (χ2n) is 5.66. The first-order chi connectivity index (χ1) is 7.23. The summed E-state index contributed by atoms with van der Waals surface area (Å²) in [5.41, 5.74) is 6.05. The molecule has 0 aliphatic rings. The van der Waals surface area contributed by atoms with E-state index in [0.717, 1.165) is 5.56 Å². The van der Waals surface area contributed by atoms with Gasteiger partial charge in [-0.2, -0.15) is 0 Å². The highest BCUT2D eigenvalue weighted by atomic mass is 16.1. The standard InChI is InChI=1S/C14H21NO/c1-13(2,3)12(16)14(4,15)10-11-8-6-5-7-9-11/h5-9H,10,15H2,1-4H3/t14-/m1/s1. The normalized spacial score (nSPS) is 15.6. The van der Waals surface area contributed by atoms with Gasteiger partial charge in [0.25, 0.3) is 0 Å². The van der Waals surface area contributed by atoms with Gasteiger partial charge in [0, 0.05) is 5.41 Å². The molecule has 2 nitrogen and oxygen atoms in total. The first-order valence-electron chi connectivity index (χ1n) is 5.61. The SMILES string of the molecule is CC(C)(C)C(=O)[C@](C)(N)Cc1ccccc1. The predicted molar refractivity (Wildman–Crippen MR) is 67.2 cm³/mol. The molecule has 1 rings (SSSR count). The van der Waals surface area contributed by atoms with E-state index in [1.807, 2.05) is 58.0 Å². The summed E-state index contributed by atoms with van der Waals surface area (Å²) in [6.45, 7) is 7.54. The van der Waals surface area contributed by atoms with Crippen LogP contribution in [-0.2, 0) is 11.2 Å². The maximum atomic E-state index is 12.2. The summed E-state index contributed by atoms with van der Waals surface area (Å²) in [5, 5.41) is 0. The summed E-state index contributed by atoms with van der Waals surface area (Å²) >= 11 is 0. The Morgan fingerprint density at radius 1 is 1.12 bits per heavy atom. The van der Waals surface area contributed by atoms with Gasteiger partial charge in [0.2, 0.25) is 0 Å². The van der Waals surface area contributed by atoms with Gasteiger partial charge in [-0.3, -0.25) is 4.79 Å². The van der Waals surface area contributed by atoms with Crippen molar-refractivity contribution < 1.29 is 4.79 Å². The summed E-state index contributed by atoms with van der Waals surface area (Å²) in [4.78, 5) is 12.2. The van der Waals surface area contributed by atoms with Crippen molar-refractivity contribution in [1.82, 2.24) is 0 Å². The van der Waals surface area contributed by atoms with Crippen molar-refractivity contribution in [3.63, 3.8) is 0 Å². The number of rotatable bonds is 3. The summed E-state index contributed by atoms with van der Waals surface area (Å²) in [5.74, 6) is 0.101. The molecule has 0 fully saturated rings. The van der Waals surface area contributed by atoms with Crippen LogP contribution in [0, 0.1) is 5.41 Å². The van der Waals surface area contributed by atoms with E-state index in [1.165, 1.54) is 0 Å². The molecule has 88 valence electrons. The van der Waals surface area contributed by atoms with Gasteiger partial charge in [-0.05, 0) is 18.9 Å². The molecule has 0 aliphatic heterocycles. The molecule has 0 saturated heterocycles. The van der Waals surface area contributed by atoms with E-state index in [9.17, 15) is 4.79 Å². The molecule has 0 aromatic heterocycles. The Bertz CT molecular complexity index is 360. The fourth-order valence-corrected chi connectivity index (χ4v) is 1.96. The number of Topliss-reactive ketones (excluding diaryl/α,β-unsaturated/α-hetero) is 1. The van der Waals surface area contributed by atoms with E-state index in [-0.39, 0.29) is 5.78 Å². The monoisotopic (exact) mass is 219 g/mol. The maximum absolute atomic E-state index is 12.2. The minimum Gasteiger partial charge on any atom is -0.319 e. The Morgan fingerprint density at radius 3 is 2.06 bits per heavy atom. The van der Waals surface area contributed by atoms with Crippen LogP contribution in [0.5, 0.6) is 0 Å². The highest BCUT2D eigenvalue weighted by Crippen LogP contribution is 2.24. The minimum atomic E-state index is -0.792. The second kappa shape index (κ2) is 4.38. The van der Waals surface area contributed by atoms with Crippen LogP contribution in [0.25, 0.3) is 0 Å². The van der Waals surface area contributed by atoms with Gasteiger partial charge in [0.05, 0.1) is 5.54 Å². The van der Waals surface area contributed by atoms with Crippen molar-refractivity contribution in [3.05, 3.63) is 35.9 Å². The highest BCUT2D eigenvalue weighted by molar-refractivity contribution is 5.92. The summed E-state index contributed by atoms with van der Waals surface area (Å²) < 4.78 is 0. The Balaban J connectivity index is 2.84. The van der Waals surface area contributed by atoms with E-state index in [2.05, 4.69) is 0 Å². The Morgan fingerprint density at radius 2 is 1.62 bits per heavy atom. The van der Waals surface area contributed by atoms with Crippen molar-refractivity contribution in [2.45, 2.75) is 39.7 Å². The van der Waals surface area contributed by atoms with E-state index in [4.69, 9.17) is 5.73 Å². The van der Waals surface area contributed by atoms with Crippen LogP contribution in [0.4, 0.5) is 0 Å². The molecule has 0 saturated carbocycles. The van der Waals surface area contributed by atoms with Crippen LogP contribution in [0.1, 0.15) is 33.3 Å². The largest absolute Gasteiger partial charge is 0.319 e. The molecule has 0 radical (unpaired) electrons. The smallest absolute Gasteiger partial charge is 0.157 e. The predicted octanol–water partition coefficient (Wildman–Crippen LogP) is 2.56. The van der Waals surface area contributed by atoms with Gasteiger partial charge in [-0.15, -0.1) is 0 Å². The lowest BCUT2D eigenvalue weighted by Gasteiger charge is -2.30. The van der Waals surface area contributed by atoms with Gasteiger partial charge in [0.1, 0.15) is 0 Å². The zero-order valence-corrected chi connectivity index (χ0v) is 10.6. The van der Waals surface area contributed by atoms with Crippen molar-refractivity contribution in [1.29, 1.82) is 0 Å². The third-order valence-electron chi connectivity index (χ3n) is 2.61. The number of carbonyl (C=O) groups is 1. The molecular weight excluding hydrogens is 198 g/mol. The lowest BCUT2D eigenvalue weighted by atomic mass is 9.77. The minimum absolute atomic E-state index is 0.101. The van der Waals surface area contributed by atoms with E-state index >= 15 is 0 Å². The Hall–Kier alpha value is -1.15. The van der Waals surface area contributed by atoms with Crippen molar-refractivity contribution in [2.24, 2.45) is 11.1 Å². The van der Waals surface area contributed by atoms with Crippen LogP contribution in [0.2, 0.25) is 0 Å². The fourth-order valence-electron chi connectivity index (χ4n) is 1.96. The molecule has 0 spiro atoms. The van der Waals surface area contributed by atoms with Gasteiger partial charge in [-0.25, -0.2) is 0 Å². The maximum Gasteiger partial charge on any atom is 0.157 e. The van der Waals surface area contributed by atoms with Gasteiger partial charge in [-0.1, -0.05) is 51.1 Å². The van der Waals surface area contributed by atoms with Crippen molar-refractivity contribution in [2.75, 3.05) is 0 Å². The van der Waals surface area contributed by atoms with Gasteiger partial charge >= 0.3 is 0 Å². The molecule has 0 amide bonds. The lowest BCUT2D eigenvalue weighted by Crippen LogP contribution is -2.52. The van der Waals surface area contributed by atoms with Crippen LogP contribution in [0.15, 0.2) is 30.3 Å². The molecule has 1 aromatic rings. The second-order valence-corrected chi connectivity index (χ2v) is 5.66. The van der Waals surface area contributed by atoms with Crippen LogP contribution in [0.3, 0.4) is 0 Å². The van der Waals surface area contributed by atoms with Crippen LogP contribution in [-0.4, -0.2) is 11.3 Å². The molecule has 0 aliphatic carbocycles. The van der Waals surface area contributed by atoms with E-state index in [1.54, 1.807) is 0 Å². The number of hydrogen-bond donors (Lipinski definition) is 1. The van der Waals surface area contributed by atoms with Crippen molar-refractivity contribution in [3.8, 4) is 0 Å². The lowest BCUT2D eigenvalue weighted by molar-refractivity contribution is -0.131. The summed E-state index contributed by atoms with van der Waals surface area (Å²) in [6, 6.07) is 9.89. The first-order valence-corrected chi connectivity index (χ1v) is 5.61. The topological polar surface area (TPSA) is 43.1 Å². The van der Waals surface area contributed by atoms with E-state index in [0.29, 0.717) is 6.42 Å². The zero-order valence-electron chi connectivity index (χ0n) is 10.6. The molecule has 1 aromatic carbocycles. The quantitative estimate of drug-likeness (QED) is 0.849. The third kappa shape index (κ3) is 3.17. The average molecular weight is 219 g/mol. The van der Waals surface area contributed by atoms with Crippen molar-refractivity contribution >= 4 is 5.78 Å². The van der Waals surface area contributed by atoms with Gasteiger partial charge < -0.3 is 5.73 Å². The number of benzene rings is 1. The number of ketones is 1. The fraction of sp³-hybridized carbons (Fsp3) is 0.500. The zero-order chi connectivity index (χ0) is 12.4. The highest BCUT2D eigenvalue weighted by Gasteiger charge is 2.36. The summed E-state index contributed by atoms with van der Waals surface area (Å²) in [7, 11) is 0. The molecule has 2 heteroatoms. The number of carbonyl (C=O) groups excluding carboxylic acids is 1. The molecule has 16 heavy (non-hydrogen) atoms. The molecule has 0 heterocycles. The first kappa shape index (κ1) is 12.9. The average Bonchev–Trinajstić information content (AvgIpc) is 2.16. The van der Waals surface area contributed by atoms with Crippen LogP contribution < -0.4 is 5.73 Å². The molecule has 1 atom stereocenters. The molecule has 0 bridgehead atoms. The molecular formula is C14H21NO. The Kier molecular flexibility index (Phi) is 3.54. The molecule has 2 N–H and O–H groups in total. The van der Waals surface area contributed by atoms with Crippen LogP contribution >= 0.6 is 0 Å². The number of nitrogens with two attached hydrogens (primary N) is 1. The number of hydrogen-bond acceptors (Lipinski definition) is 2. The van der Waals surface area contributed by atoms with E-state index < -0.39 is 11.0 Å². The summed E-state index contributed by atoms with van der Waals surface area (Å²) in [6.07, 6.45) is 0.587. The van der Waals surface area contributed by atoms with Gasteiger partial charge in [0.15, 0.2) is 5.78 Å². The third-order valence-corrected chi connectivity index (χ3v) is 2.61. The Labute approximate surface area is 97.9 Å².